The first kappa shape index (κ1) is 17.3. The molecule has 0 saturated heterocycles. The molecule has 0 aromatic heterocycles. The molecule has 0 bridgehead atoms. The molecule has 0 heterocycles. The summed E-state index contributed by atoms with van der Waals surface area (Å²) in [5, 5.41) is 11.1. The number of nitrogens with zero attached hydrogens (tertiary/aromatic N) is 2. The molecule has 9 heteroatoms. The second-order valence-corrected chi connectivity index (χ2v) is 5.11. The van der Waals surface area contributed by atoms with Crippen LogP contribution in [0.5, 0.6) is 0 Å². The summed E-state index contributed by atoms with van der Waals surface area (Å²) in [5.41, 5.74) is 4.26. The number of hydrogen-bond donors (Lipinski definition) is 2. The monoisotopic (exact) mass is 367 g/mol. The maximum absolute atomic E-state index is 12.8. The minimum atomic E-state index is -4.55. The third-order valence-electron chi connectivity index (χ3n) is 2.70. The summed E-state index contributed by atoms with van der Waals surface area (Å²) in [7, 11) is 1.42. The molecular weight excluding hydrogens is 355 g/mol. The van der Waals surface area contributed by atoms with Crippen LogP contribution in [0.25, 0.3) is 0 Å². The molecule has 0 aliphatic rings. The quantitative estimate of drug-likeness (QED) is 0.371. The zero-order valence-corrected chi connectivity index (χ0v) is 12.6. The Labute approximate surface area is 127 Å². The van der Waals surface area contributed by atoms with Gasteiger partial charge in [0.25, 0.3) is 5.91 Å². The molecular formula is C12H13BrF3N3O2. The van der Waals surface area contributed by atoms with Crippen molar-refractivity contribution in [2.24, 2.45) is 10.9 Å². The standard InChI is InChI=1S/C12H13BrF3N3O2/c1-19(5-4-10(17)18-21)11(20)7-2-3-9(13)8(6-7)12(14,15)16/h2-3,6,21H,4-5H2,1H3,(H2,17,18). The fourth-order valence-electron chi connectivity index (χ4n) is 1.53. The largest absolute Gasteiger partial charge is 0.417 e. The van der Waals surface area contributed by atoms with Gasteiger partial charge in [-0.15, -0.1) is 0 Å². The Bertz CT molecular complexity index is 561. The summed E-state index contributed by atoms with van der Waals surface area (Å²) in [6.07, 6.45) is -4.44. The Kier molecular flexibility index (Phi) is 5.59. The van der Waals surface area contributed by atoms with E-state index in [4.69, 9.17) is 10.9 Å². The Morgan fingerprint density at radius 3 is 2.62 bits per heavy atom. The van der Waals surface area contributed by atoms with Gasteiger partial charge >= 0.3 is 6.18 Å². The number of benzene rings is 1. The number of amides is 1. The average molecular weight is 368 g/mol. The molecule has 0 saturated carbocycles. The van der Waals surface area contributed by atoms with Crippen LogP contribution < -0.4 is 5.73 Å². The van der Waals surface area contributed by atoms with E-state index in [0.29, 0.717) is 0 Å². The molecule has 1 aromatic carbocycles. The first-order valence-corrected chi connectivity index (χ1v) is 6.54. The normalized spacial score (nSPS) is 12.3. The second kappa shape index (κ2) is 6.79. The number of alkyl halides is 3. The highest BCUT2D eigenvalue weighted by Gasteiger charge is 2.33. The van der Waals surface area contributed by atoms with E-state index in [1.54, 1.807) is 0 Å². The van der Waals surface area contributed by atoms with Crippen LogP contribution in [0, 0.1) is 0 Å². The van der Waals surface area contributed by atoms with Gasteiger partial charge in [0.15, 0.2) is 0 Å². The molecule has 1 amide bonds. The second-order valence-electron chi connectivity index (χ2n) is 4.26. The molecule has 0 spiro atoms. The molecule has 1 rings (SSSR count). The summed E-state index contributed by atoms with van der Waals surface area (Å²) >= 11 is 2.81. The van der Waals surface area contributed by atoms with Gasteiger partial charge in [-0.25, -0.2) is 0 Å². The zero-order valence-electron chi connectivity index (χ0n) is 11.0. The highest BCUT2D eigenvalue weighted by atomic mass is 79.9. The molecule has 0 radical (unpaired) electrons. The van der Waals surface area contributed by atoms with Gasteiger partial charge in [0.05, 0.1) is 5.56 Å². The predicted molar refractivity (Wildman–Crippen MR) is 74.1 cm³/mol. The van der Waals surface area contributed by atoms with E-state index < -0.39 is 17.6 Å². The molecule has 116 valence electrons. The van der Waals surface area contributed by atoms with E-state index in [2.05, 4.69) is 21.1 Å². The van der Waals surface area contributed by atoms with Gasteiger partial charge in [0, 0.05) is 30.0 Å². The summed E-state index contributed by atoms with van der Waals surface area (Å²) in [6.45, 7) is 0.117. The molecule has 1 aromatic rings. The van der Waals surface area contributed by atoms with Crippen molar-refractivity contribution in [2.45, 2.75) is 12.6 Å². The lowest BCUT2D eigenvalue weighted by Gasteiger charge is -2.18. The van der Waals surface area contributed by atoms with E-state index in [1.807, 2.05) is 0 Å². The lowest BCUT2D eigenvalue weighted by Crippen LogP contribution is -2.30. The van der Waals surface area contributed by atoms with Gasteiger partial charge in [-0.05, 0) is 18.2 Å². The topological polar surface area (TPSA) is 78.9 Å². The predicted octanol–water partition coefficient (Wildman–Crippen LogP) is 2.68. The fourth-order valence-corrected chi connectivity index (χ4v) is 2.00. The smallest absolute Gasteiger partial charge is 0.409 e. The van der Waals surface area contributed by atoms with E-state index in [1.165, 1.54) is 24.1 Å². The van der Waals surface area contributed by atoms with Crippen molar-refractivity contribution >= 4 is 27.7 Å². The Morgan fingerprint density at radius 2 is 2.10 bits per heavy atom. The minimum Gasteiger partial charge on any atom is -0.409 e. The number of carbonyl (C=O) groups is 1. The van der Waals surface area contributed by atoms with Crippen LogP contribution in [0.1, 0.15) is 22.3 Å². The molecule has 21 heavy (non-hydrogen) atoms. The average Bonchev–Trinajstić information content (AvgIpc) is 2.42. The van der Waals surface area contributed by atoms with E-state index >= 15 is 0 Å². The summed E-state index contributed by atoms with van der Waals surface area (Å²) < 4.78 is 38.2. The van der Waals surface area contributed by atoms with Crippen LogP contribution in [0.4, 0.5) is 13.2 Å². The highest BCUT2D eigenvalue weighted by molar-refractivity contribution is 9.10. The lowest BCUT2D eigenvalue weighted by molar-refractivity contribution is -0.138. The van der Waals surface area contributed by atoms with E-state index in [-0.39, 0.29) is 28.8 Å². The van der Waals surface area contributed by atoms with Crippen LogP contribution in [0.3, 0.4) is 0 Å². The maximum Gasteiger partial charge on any atom is 0.417 e. The Hall–Kier alpha value is -1.77. The molecule has 5 nitrogen and oxygen atoms in total. The number of hydrogen-bond acceptors (Lipinski definition) is 3. The van der Waals surface area contributed by atoms with Gasteiger partial charge < -0.3 is 15.8 Å². The van der Waals surface area contributed by atoms with Gasteiger partial charge in [-0.1, -0.05) is 21.1 Å². The number of rotatable bonds is 4. The van der Waals surface area contributed by atoms with Crippen LogP contribution in [-0.2, 0) is 6.18 Å². The van der Waals surface area contributed by atoms with E-state index in [0.717, 1.165) is 6.07 Å². The number of nitrogens with two attached hydrogens (primary N) is 1. The van der Waals surface area contributed by atoms with Gasteiger partial charge in [0.2, 0.25) is 0 Å². The zero-order chi connectivity index (χ0) is 16.2. The minimum absolute atomic E-state index is 0.0681. The SMILES string of the molecule is CN(CC/C(N)=N/O)C(=O)c1ccc(Br)c(C(F)(F)F)c1. The van der Waals surface area contributed by atoms with Gasteiger partial charge in [-0.3, -0.25) is 4.79 Å². The summed E-state index contributed by atoms with van der Waals surface area (Å²) in [4.78, 5) is 13.2. The van der Waals surface area contributed by atoms with Crippen molar-refractivity contribution in [3.63, 3.8) is 0 Å². The van der Waals surface area contributed by atoms with Crippen molar-refractivity contribution in [2.75, 3.05) is 13.6 Å². The number of oxime groups is 1. The molecule has 0 atom stereocenters. The van der Waals surface area contributed by atoms with Crippen LogP contribution >= 0.6 is 15.9 Å². The first-order chi connectivity index (χ1) is 9.66. The summed E-state index contributed by atoms with van der Waals surface area (Å²) in [5.74, 6) is -0.653. The van der Waals surface area contributed by atoms with Gasteiger partial charge in [-0.2, -0.15) is 13.2 Å². The highest BCUT2D eigenvalue weighted by Crippen LogP contribution is 2.35. The maximum atomic E-state index is 12.8. The van der Waals surface area contributed by atoms with E-state index in [9.17, 15) is 18.0 Å². The third kappa shape index (κ3) is 4.62. The van der Waals surface area contributed by atoms with Crippen molar-refractivity contribution in [3.8, 4) is 0 Å². The van der Waals surface area contributed by atoms with Crippen molar-refractivity contribution in [3.05, 3.63) is 33.8 Å². The lowest BCUT2D eigenvalue weighted by atomic mass is 10.1. The first-order valence-electron chi connectivity index (χ1n) is 5.75. The van der Waals surface area contributed by atoms with Crippen LogP contribution in [0.2, 0.25) is 0 Å². The van der Waals surface area contributed by atoms with Crippen molar-refractivity contribution in [1.29, 1.82) is 0 Å². The fraction of sp³-hybridized carbons (Fsp3) is 0.333. The Morgan fingerprint density at radius 1 is 1.48 bits per heavy atom. The molecule has 0 aliphatic heterocycles. The van der Waals surface area contributed by atoms with Crippen LogP contribution in [0.15, 0.2) is 27.8 Å². The number of carbonyl (C=O) groups excluding carboxylic acids is 1. The number of halogens is 4. The third-order valence-corrected chi connectivity index (χ3v) is 3.39. The van der Waals surface area contributed by atoms with Crippen molar-refractivity contribution < 1.29 is 23.2 Å². The molecule has 3 N–H and O–H groups in total. The molecule has 0 fully saturated rings. The molecule has 0 unspecified atom stereocenters. The Balaban J connectivity index is 2.93. The number of amidine groups is 1. The molecule has 0 aliphatic carbocycles. The van der Waals surface area contributed by atoms with Gasteiger partial charge in [0.1, 0.15) is 5.84 Å². The summed E-state index contributed by atoms with van der Waals surface area (Å²) in [6, 6.07) is 3.25. The van der Waals surface area contributed by atoms with Crippen LogP contribution in [-0.4, -0.2) is 35.4 Å². The van der Waals surface area contributed by atoms with Crippen molar-refractivity contribution in [1.82, 2.24) is 4.90 Å².